The third kappa shape index (κ3) is 3.66. The number of carbonyl (C=O) groups is 3. The van der Waals surface area contributed by atoms with E-state index in [1.54, 1.807) is 24.3 Å². The minimum atomic E-state index is -0.548. The smallest absolute Gasteiger partial charge is 0.341 e. The lowest BCUT2D eigenvalue weighted by atomic mass is 10.0. The van der Waals surface area contributed by atoms with Crippen molar-refractivity contribution in [1.29, 1.82) is 0 Å². The monoisotopic (exact) mass is 433 g/mol. The molecule has 2 aromatic rings. The predicted molar refractivity (Wildman–Crippen MR) is 101 cm³/mol. The summed E-state index contributed by atoms with van der Waals surface area (Å²) in [5, 5.41) is 3.13. The van der Waals surface area contributed by atoms with Gasteiger partial charge >= 0.3 is 11.9 Å². The number of anilines is 1. The third-order valence-corrected chi connectivity index (χ3v) is 4.57. The molecule has 1 heterocycles. The van der Waals surface area contributed by atoms with Crippen molar-refractivity contribution in [2.24, 2.45) is 0 Å². The first-order valence-electron chi connectivity index (χ1n) is 8.03. The number of esters is 2. The molecule has 8 heteroatoms. The Bertz CT molecular complexity index is 926. The fourth-order valence-electron chi connectivity index (χ4n) is 2.83. The summed E-state index contributed by atoms with van der Waals surface area (Å²) in [7, 11) is 1.44. The van der Waals surface area contributed by atoms with Crippen molar-refractivity contribution in [3.63, 3.8) is 0 Å². The Morgan fingerprint density at radius 2 is 1.93 bits per heavy atom. The fraction of sp³-hybridized carbons (Fsp3) is 0.211. The molecule has 1 atom stereocenters. The summed E-state index contributed by atoms with van der Waals surface area (Å²) < 4.78 is 15.7. The summed E-state index contributed by atoms with van der Waals surface area (Å²) in [6.07, 6.45) is -0.442. The molecule has 1 amide bonds. The van der Waals surface area contributed by atoms with Crippen molar-refractivity contribution < 1.29 is 28.6 Å². The Kier molecular flexibility index (Phi) is 5.46. The number of cyclic esters (lactones) is 1. The van der Waals surface area contributed by atoms with E-state index < -0.39 is 23.9 Å². The van der Waals surface area contributed by atoms with Gasteiger partial charge in [0.2, 0.25) is 0 Å². The molecule has 1 aliphatic rings. The summed E-state index contributed by atoms with van der Waals surface area (Å²) in [4.78, 5) is 36.4. The van der Waals surface area contributed by atoms with Gasteiger partial charge in [-0.3, -0.25) is 9.59 Å². The first-order valence-corrected chi connectivity index (χ1v) is 9.15. The Balaban J connectivity index is 2.02. The standard InChI is InChI=1S/C19H16BrNO6/c1-10(22)26-13-6-4-3-5-12(13)18(23)21-17-14(25-2)8-7-11-15(9-20)27-19(24)16(11)17/h3-8,15H,9H2,1-2H3,(H,21,23). The summed E-state index contributed by atoms with van der Waals surface area (Å²) in [5.74, 6) is -1.20. The van der Waals surface area contributed by atoms with Crippen molar-refractivity contribution in [1.82, 2.24) is 0 Å². The highest BCUT2D eigenvalue weighted by molar-refractivity contribution is 9.09. The summed E-state index contributed by atoms with van der Waals surface area (Å²) in [6.45, 7) is 1.25. The zero-order valence-corrected chi connectivity index (χ0v) is 16.2. The van der Waals surface area contributed by atoms with E-state index in [1.165, 1.54) is 26.2 Å². The van der Waals surface area contributed by atoms with Gasteiger partial charge in [0.1, 0.15) is 17.6 Å². The van der Waals surface area contributed by atoms with Crippen molar-refractivity contribution >= 4 is 39.5 Å². The number of hydrogen-bond donors (Lipinski definition) is 1. The normalized spacial score (nSPS) is 14.9. The summed E-state index contributed by atoms with van der Waals surface area (Å²) >= 11 is 3.31. The Morgan fingerprint density at radius 1 is 1.19 bits per heavy atom. The molecule has 3 rings (SSSR count). The Hall–Kier alpha value is -2.87. The minimum absolute atomic E-state index is 0.120. The molecule has 0 saturated heterocycles. The highest BCUT2D eigenvalue weighted by Crippen LogP contribution is 2.41. The van der Waals surface area contributed by atoms with Crippen molar-refractivity contribution in [2.45, 2.75) is 13.0 Å². The van der Waals surface area contributed by atoms with Gasteiger partial charge in [-0.15, -0.1) is 0 Å². The van der Waals surface area contributed by atoms with Crippen LogP contribution in [-0.4, -0.2) is 30.3 Å². The first kappa shape index (κ1) is 18.9. The second-order valence-electron chi connectivity index (χ2n) is 5.70. The van der Waals surface area contributed by atoms with E-state index in [0.717, 1.165) is 0 Å². The maximum absolute atomic E-state index is 12.8. The molecule has 0 spiro atoms. The molecule has 7 nitrogen and oxygen atoms in total. The number of methoxy groups -OCH3 is 1. The van der Waals surface area contributed by atoms with E-state index >= 15 is 0 Å². The molecule has 1 unspecified atom stereocenters. The van der Waals surface area contributed by atoms with Crippen LogP contribution in [0.15, 0.2) is 36.4 Å². The highest BCUT2D eigenvalue weighted by atomic mass is 79.9. The summed E-state index contributed by atoms with van der Waals surface area (Å²) in [5.41, 5.74) is 1.26. The van der Waals surface area contributed by atoms with E-state index in [-0.39, 0.29) is 22.6 Å². The molecule has 0 fully saturated rings. The number of ether oxygens (including phenoxy) is 3. The van der Waals surface area contributed by atoms with Gasteiger partial charge in [0.15, 0.2) is 0 Å². The summed E-state index contributed by atoms with van der Waals surface area (Å²) in [6, 6.07) is 9.70. The van der Waals surface area contributed by atoms with Gasteiger partial charge in [0.05, 0.1) is 23.9 Å². The quantitative estimate of drug-likeness (QED) is 0.440. The Morgan fingerprint density at radius 3 is 2.59 bits per heavy atom. The SMILES string of the molecule is COc1ccc2c(c1NC(=O)c1ccccc1OC(C)=O)C(=O)OC2CBr. The number of hydrogen-bond acceptors (Lipinski definition) is 6. The van der Waals surface area contributed by atoms with Crippen LogP contribution in [0.5, 0.6) is 11.5 Å². The maximum atomic E-state index is 12.8. The number of amides is 1. The molecule has 2 aromatic carbocycles. The lowest BCUT2D eigenvalue weighted by Crippen LogP contribution is -2.17. The van der Waals surface area contributed by atoms with Crippen LogP contribution in [0.25, 0.3) is 0 Å². The molecule has 0 bridgehead atoms. The average molecular weight is 434 g/mol. The molecule has 1 N–H and O–H groups in total. The fourth-order valence-corrected chi connectivity index (χ4v) is 3.31. The number of alkyl halides is 1. The van der Waals surface area contributed by atoms with Crippen LogP contribution in [-0.2, 0) is 9.53 Å². The molecule has 0 saturated carbocycles. The number of halogens is 1. The first-order chi connectivity index (χ1) is 13.0. The zero-order chi connectivity index (χ0) is 19.6. The number of fused-ring (bicyclic) bond motifs is 1. The van der Waals surface area contributed by atoms with E-state index in [1.807, 2.05) is 0 Å². The van der Waals surface area contributed by atoms with Gasteiger partial charge in [-0.2, -0.15) is 0 Å². The van der Waals surface area contributed by atoms with Gasteiger partial charge in [-0.1, -0.05) is 34.1 Å². The van der Waals surface area contributed by atoms with Gasteiger partial charge in [0, 0.05) is 17.8 Å². The van der Waals surface area contributed by atoms with Crippen LogP contribution in [0.1, 0.15) is 39.3 Å². The molecule has 0 aromatic heterocycles. The molecule has 140 valence electrons. The zero-order valence-electron chi connectivity index (χ0n) is 14.6. The third-order valence-electron chi connectivity index (χ3n) is 3.98. The van der Waals surface area contributed by atoms with E-state index in [2.05, 4.69) is 21.2 Å². The molecule has 0 aliphatic carbocycles. The number of carbonyl (C=O) groups excluding carboxylic acids is 3. The average Bonchev–Trinajstić information content (AvgIpc) is 2.98. The second-order valence-corrected chi connectivity index (χ2v) is 6.35. The molecular weight excluding hydrogens is 418 g/mol. The van der Waals surface area contributed by atoms with Crippen molar-refractivity contribution in [3.8, 4) is 11.5 Å². The number of benzene rings is 2. The van der Waals surface area contributed by atoms with Crippen LogP contribution >= 0.6 is 15.9 Å². The Labute approximate surface area is 163 Å². The lowest BCUT2D eigenvalue weighted by Gasteiger charge is -2.14. The molecule has 0 radical (unpaired) electrons. The number of rotatable bonds is 5. The van der Waals surface area contributed by atoms with Crippen molar-refractivity contribution in [2.75, 3.05) is 17.8 Å². The topological polar surface area (TPSA) is 90.9 Å². The highest BCUT2D eigenvalue weighted by Gasteiger charge is 2.35. The molecular formula is C19H16BrNO6. The maximum Gasteiger partial charge on any atom is 0.341 e. The van der Waals surface area contributed by atoms with Crippen LogP contribution in [0.2, 0.25) is 0 Å². The molecule has 27 heavy (non-hydrogen) atoms. The lowest BCUT2D eigenvalue weighted by molar-refractivity contribution is -0.131. The van der Waals surface area contributed by atoms with E-state index in [9.17, 15) is 14.4 Å². The van der Waals surface area contributed by atoms with E-state index in [4.69, 9.17) is 14.2 Å². The minimum Gasteiger partial charge on any atom is -0.495 e. The van der Waals surface area contributed by atoms with Crippen molar-refractivity contribution in [3.05, 3.63) is 53.1 Å². The van der Waals surface area contributed by atoms with Crippen LogP contribution < -0.4 is 14.8 Å². The van der Waals surface area contributed by atoms with Gasteiger partial charge in [0.25, 0.3) is 5.91 Å². The van der Waals surface area contributed by atoms with Gasteiger partial charge in [-0.05, 0) is 18.2 Å². The van der Waals surface area contributed by atoms with E-state index in [0.29, 0.717) is 16.6 Å². The van der Waals surface area contributed by atoms with Gasteiger partial charge < -0.3 is 19.5 Å². The van der Waals surface area contributed by atoms with Gasteiger partial charge in [-0.25, -0.2) is 4.79 Å². The molecule has 1 aliphatic heterocycles. The van der Waals surface area contributed by atoms with Crippen LogP contribution in [0.3, 0.4) is 0 Å². The number of nitrogens with one attached hydrogen (secondary N) is 1. The second kappa shape index (κ2) is 7.79. The van der Waals surface area contributed by atoms with Crippen LogP contribution in [0, 0.1) is 0 Å². The number of para-hydroxylation sites is 1. The predicted octanol–water partition coefficient (Wildman–Crippen LogP) is 3.48. The largest absolute Gasteiger partial charge is 0.495 e. The van der Waals surface area contributed by atoms with Crippen LogP contribution in [0.4, 0.5) is 5.69 Å².